The highest BCUT2D eigenvalue weighted by Crippen LogP contribution is 2.35. The van der Waals surface area contributed by atoms with E-state index in [1.54, 1.807) is 11.5 Å². The summed E-state index contributed by atoms with van der Waals surface area (Å²) in [6, 6.07) is 12.5. The van der Waals surface area contributed by atoms with Gasteiger partial charge in [-0.05, 0) is 73.2 Å². The van der Waals surface area contributed by atoms with E-state index >= 15 is 0 Å². The fraction of sp³-hybridized carbons (Fsp3) is 0.320. The van der Waals surface area contributed by atoms with Crippen LogP contribution in [-0.2, 0) is 6.42 Å². The molecular formula is C25H27ClN4OS. The van der Waals surface area contributed by atoms with Crippen molar-refractivity contribution in [2.24, 2.45) is 0 Å². The number of aromatic hydroxyl groups is 1. The number of hydrogen-bond acceptors (Lipinski definition) is 5. The van der Waals surface area contributed by atoms with Gasteiger partial charge in [0.1, 0.15) is 5.82 Å². The predicted molar refractivity (Wildman–Crippen MR) is 136 cm³/mol. The lowest BCUT2D eigenvalue weighted by atomic mass is 10.0. The number of anilines is 1. The fourth-order valence-corrected chi connectivity index (χ4v) is 5.70. The third-order valence-corrected chi connectivity index (χ3v) is 7.49. The SMILES string of the molecule is C=C(C)c1c(O)[nH]c2cc(Cl)c(CCCN3CCN(c4nsc5ccccc45)CC3)cc12. The summed E-state index contributed by atoms with van der Waals surface area (Å²) in [5.74, 6) is 1.29. The van der Waals surface area contributed by atoms with Crippen LogP contribution in [0.15, 0.2) is 43.0 Å². The van der Waals surface area contributed by atoms with E-state index < -0.39 is 0 Å². The molecule has 0 saturated carbocycles. The number of aryl methyl sites for hydroxylation is 1. The van der Waals surface area contributed by atoms with Crippen LogP contribution in [0, 0.1) is 0 Å². The Morgan fingerprint density at radius 1 is 1.19 bits per heavy atom. The minimum atomic E-state index is 0.159. The second-order valence-electron chi connectivity index (χ2n) is 8.55. The summed E-state index contributed by atoms with van der Waals surface area (Å²) in [6.45, 7) is 11.1. The molecule has 2 N–H and O–H groups in total. The lowest BCUT2D eigenvalue weighted by Crippen LogP contribution is -2.46. The zero-order chi connectivity index (χ0) is 22.2. The van der Waals surface area contributed by atoms with E-state index in [1.165, 1.54) is 10.1 Å². The van der Waals surface area contributed by atoms with E-state index in [0.29, 0.717) is 0 Å². The molecule has 0 atom stereocenters. The van der Waals surface area contributed by atoms with E-state index in [-0.39, 0.29) is 5.88 Å². The van der Waals surface area contributed by atoms with Gasteiger partial charge in [-0.25, -0.2) is 0 Å². The number of aromatic nitrogens is 2. The van der Waals surface area contributed by atoms with Crippen molar-refractivity contribution in [3.8, 4) is 5.88 Å². The van der Waals surface area contributed by atoms with Crippen molar-refractivity contribution < 1.29 is 5.11 Å². The Balaban J connectivity index is 1.19. The van der Waals surface area contributed by atoms with Crippen LogP contribution in [0.1, 0.15) is 24.5 Å². The van der Waals surface area contributed by atoms with Crippen LogP contribution in [0.25, 0.3) is 26.6 Å². The van der Waals surface area contributed by atoms with Crippen molar-refractivity contribution in [2.75, 3.05) is 37.6 Å². The Morgan fingerprint density at radius 2 is 1.97 bits per heavy atom. The lowest BCUT2D eigenvalue weighted by molar-refractivity contribution is 0.255. The minimum Gasteiger partial charge on any atom is -0.494 e. The molecule has 0 bridgehead atoms. The highest BCUT2D eigenvalue weighted by atomic mass is 35.5. The predicted octanol–water partition coefficient (Wildman–Crippen LogP) is 5.92. The second-order valence-corrected chi connectivity index (χ2v) is 9.76. The number of fused-ring (bicyclic) bond motifs is 2. The van der Waals surface area contributed by atoms with Crippen molar-refractivity contribution in [3.63, 3.8) is 0 Å². The molecule has 1 aliphatic heterocycles. The molecule has 0 amide bonds. The summed E-state index contributed by atoms with van der Waals surface area (Å²) < 4.78 is 5.96. The van der Waals surface area contributed by atoms with Gasteiger partial charge in [-0.2, -0.15) is 4.37 Å². The van der Waals surface area contributed by atoms with Crippen LogP contribution in [-0.4, -0.2) is 52.1 Å². The first kappa shape index (κ1) is 21.3. The molecule has 0 radical (unpaired) electrons. The fourth-order valence-electron chi connectivity index (χ4n) is 4.65. The van der Waals surface area contributed by atoms with Crippen LogP contribution >= 0.6 is 23.1 Å². The minimum absolute atomic E-state index is 0.159. The van der Waals surface area contributed by atoms with Crippen molar-refractivity contribution in [1.82, 2.24) is 14.3 Å². The number of benzene rings is 2. The average molecular weight is 467 g/mol. The van der Waals surface area contributed by atoms with Crippen molar-refractivity contribution >= 4 is 55.5 Å². The maximum atomic E-state index is 10.2. The zero-order valence-corrected chi connectivity index (χ0v) is 19.8. The summed E-state index contributed by atoms with van der Waals surface area (Å²) in [7, 11) is 0. The first-order valence-corrected chi connectivity index (χ1v) is 12.2. The molecule has 0 unspecified atom stereocenters. The number of aromatic amines is 1. The van der Waals surface area contributed by atoms with Gasteiger partial charge in [-0.1, -0.05) is 30.3 Å². The number of hydrogen-bond donors (Lipinski definition) is 2. The molecule has 1 aliphatic rings. The van der Waals surface area contributed by atoms with Crippen molar-refractivity contribution in [2.45, 2.75) is 19.8 Å². The van der Waals surface area contributed by atoms with Gasteiger partial charge in [0.15, 0.2) is 5.88 Å². The summed E-state index contributed by atoms with van der Waals surface area (Å²) in [4.78, 5) is 7.95. The molecule has 4 aromatic rings. The number of rotatable bonds is 6. The summed E-state index contributed by atoms with van der Waals surface area (Å²) in [5.41, 5.74) is 3.59. The molecular weight excluding hydrogens is 440 g/mol. The Bertz CT molecular complexity index is 1290. The highest BCUT2D eigenvalue weighted by molar-refractivity contribution is 7.13. The summed E-state index contributed by atoms with van der Waals surface area (Å²) in [5, 5.41) is 13.2. The lowest BCUT2D eigenvalue weighted by Gasteiger charge is -2.35. The van der Waals surface area contributed by atoms with Crippen molar-refractivity contribution in [1.29, 1.82) is 0 Å². The van der Waals surface area contributed by atoms with Gasteiger partial charge < -0.3 is 15.0 Å². The third-order valence-electron chi connectivity index (χ3n) is 6.32. The number of allylic oxidation sites excluding steroid dienone is 1. The number of nitrogens with one attached hydrogen (secondary N) is 1. The van der Waals surface area contributed by atoms with E-state index in [4.69, 9.17) is 16.0 Å². The van der Waals surface area contributed by atoms with Crippen LogP contribution in [0.2, 0.25) is 5.02 Å². The molecule has 2 aromatic heterocycles. The largest absolute Gasteiger partial charge is 0.494 e. The normalized spacial score (nSPS) is 15.1. The molecule has 7 heteroatoms. The molecule has 166 valence electrons. The molecule has 0 aliphatic carbocycles. The standard InChI is InChI=1S/C25H27ClN4OS/c1-16(2)23-19-14-17(20(26)15-21(19)27-25(23)31)6-5-9-29-10-12-30(13-11-29)24-18-7-3-4-8-22(18)32-28-24/h3-4,7-8,14-15,27,31H,1,5-6,9-13H2,2H3. The number of halogens is 1. The van der Waals surface area contributed by atoms with E-state index in [2.05, 4.69) is 51.7 Å². The average Bonchev–Trinajstić information content (AvgIpc) is 3.34. The molecule has 1 fully saturated rings. The van der Waals surface area contributed by atoms with E-state index in [1.807, 2.05) is 13.0 Å². The number of nitrogens with zero attached hydrogens (tertiary/aromatic N) is 3. The van der Waals surface area contributed by atoms with Crippen LogP contribution < -0.4 is 4.90 Å². The van der Waals surface area contributed by atoms with Gasteiger partial charge in [-0.3, -0.25) is 4.90 Å². The number of H-pyrrole nitrogens is 1. The van der Waals surface area contributed by atoms with Gasteiger partial charge in [0.2, 0.25) is 0 Å². The maximum absolute atomic E-state index is 10.2. The summed E-state index contributed by atoms with van der Waals surface area (Å²) in [6.07, 6.45) is 1.96. The van der Waals surface area contributed by atoms with Gasteiger partial charge in [-0.15, -0.1) is 0 Å². The second kappa shape index (κ2) is 8.77. The Kier molecular flexibility index (Phi) is 5.84. The molecule has 5 nitrogen and oxygen atoms in total. The maximum Gasteiger partial charge on any atom is 0.197 e. The molecule has 1 saturated heterocycles. The molecule has 2 aromatic carbocycles. The summed E-state index contributed by atoms with van der Waals surface area (Å²) >= 11 is 8.12. The Morgan fingerprint density at radius 3 is 2.75 bits per heavy atom. The van der Waals surface area contributed by atoms with Crippen LogP contribution in [0.3, 0.4) is 0 Å². The molecule has 3 heterocycles. The van der Waals surface area contributed by atoms with Gasteiger partial charge in [0.25, 0.3) is 0 Å². The van der Waals surface area contributed by atoms with Gasteiger partial charge in [0.05, 0.1) is 10.2 Å². The monoisotopic (exact) mass is 466 g/mol. The van der Waals surface area contributed by atoms with E-state index in [9.17, 15) is 5.11 Å². The quantitative estimate of drug-likeness (QED) is 0.370. The first-order chi connectivity index (χ1) is 15.5. The molecule has 5 rings (SSSR count). The van der Waals surface area contributed by atoms with Gasteiger partial charge in [0, 0.05) is 47.5 Å². The molecule has 32 heavy (non-hydrogen) atoms. The zero-order valence-electron chi connectivity index (χ0n) is 18.2. The number of piperazine rings is 1. The third kappa shape index (κ3) is 3.98. The Labute approximate surface area is 197 Å². The van der Waals surface area contributed by atoms with Crippen LogP contribution in [0.4, 0.5) is 5.82 Å². The van der Waals surface area contributed by atoms with Crippen molar-refractivity contribution in [3.05, 3.63) is 59.1 Å². The van der Waals surface area contributed by atoms with Crippen LogP contribution in [0.5, 0.6) is 5.88 Å². The topological polar surface area (TPSA) is 55.4 Å². The molecule has 0 spiro atoms. The van der Waals surface area contributed by atoms with E-state index in [0.717, 1.165) is 84.0 Å². The highest BCUT2D eigenvalue weighted by Gasteiger charge is 2.20. The van der Waals surface area contributed by atoms with Gasteiger partial charge >= 0.3 is 0 Å². The Hall–Kier alpha value is -2.54. The smallest absolute Gasteiger partial charge is 0.197 e. The first-order valence-electron chi connectivity index (χ1n) is 11.0.